The highest BCUT2D eigenvalue weighted by Gasteiger charge is 2.16. The van der Waals surface area contributed by atoms with Crippen LogP contribution in [0.1, 0.15) is 24.6 Å². The zero-order chi connectivity index (χ0) is 24.1. The van der Waals surface area contributed by atoms with E-state index in [1.165, 1.54) is 31.0 Å². The maximum Gasteiger partial charge on any atom is 0.182 e. The molecule has 1 saturated heterocycles. The lowest BCUT2D eigenvalue weighted by atomic mass is 10.1. The lowest BCUT2D eigenvalue weighted by Crippen LogP contribution is -2.46. The van der Waals surface area contributed by atoms with E-state index in [1.807, 2.05) is 12.1 Å². The summed E-state index contributed by atoms with van der Waals surface area (Å²) in [6.07, 6.45) is 4.82. The number of piperazine rings is 1. The predicted molar refractivity (Wildman–Crippen MR) is 137 cm³/mol. The van der Waals surface area contributed by atoms with Crippen LogP contribution in [0.3, 0.4) is 0 Å². The second-order valence-electron chi connectivity index (χ2n) is 8.85. The van der Waals surface area contributed by atoms with E-state index in [0.717, 1.165) is 44.8 Å². The first-order valence-corrected chi connectivity index (χ1v) is 14.0. The first-order valence-electron chi connectivity index (χ1n) is 11.6. The average molecular weight is 503 g/mol. The van der Waals surface area contributed by atoms with Gasteiger partial charge in [0.05, 0.1) is 23.3 Å². The van der Waals surface area contributed by atoms with E-state index in [4.69, 9.17) is 11.6 Å². The Kier molecular flexibility index (Phi) is 7.98. The number of aromatic nitrogens is 3. The Morgan fingerprint density at radius 1 is 1.06 bits per heavy atom. The SMILES string of the molecule is CCCN1CCN(CCc2cccc(Nc3cc(CS(C)(=O)=O)nc4nc(Cl)cnc34)c2)CC1. The molecule has 34 heavy (non-hydrogen) atoms. The van der Waals surface area contributed by atoms with Crippen LogP contribution in [0.25, 0.3) is 11.2 Å². The number of sulfone groups is 1. The van der Waals surface area contributed by atoms with Crippen LogP contribution in [0.2, 0.25) is 5.15 Å². The van der Waals surface area contributed by atoms with E-state index in [2.05, 4.69) is 49.1 Å². The van der Waals surface area contributed by atoms with Gasteiger partial charge in [-0.3, -0.25) is 0 Å². The molecule has 0 atom stereocenters. The van der Waals surface area contributed by atoms with Crippen LogP contribution in [0, 0.1) is 0 Å². The Hall–Kier alpha value is -2.33. The van der Waals surface area contributed by atoms with E-state index < -0.39 is 9.84 Å². The van der Waals surface area contributed by atoms with Gasteiger partial charge in [-0.1, -0.05) is 30.7 Å². The van der Waals surface area contributed by atoms with Crippen molar-refractivity contribution in [1.82, 2.24) is 24.8 Å². The fourth-order valence-electron chi connectivity index (χ4n) is 4.27. The summed E-state index contributed by atoms with van der Waals surface area (Å²) in [6.45, 7) is 8.97. The van der Waals surface area contributed by atoms with Crippen molar-refractivity contribution in [3.8, 4) is 0 Å². The number of halogens is 1. The lowest BCUT2D eigenvalue weighted by molar-refractivity contribution is 0.133. The van der Waals surface area contributed by atoms with Gasteiger partial charge in [0.1, 0.15) is 10.7 Å². The standard InChI is InChI=1S/C24H31ClN6O2S/c1-3-8-30-10-12-31(13-11-30)9-7-18-5-4-6-19(14-18)27-21-15-20(17-34(2,32)33)28-24-23(21)26-16-22(25)29-24/h4-6,14-16H,3,7-13,17H2,1-2H3,(H,27,28,29). The maximum absolute atomic E-state index is 11.8. The summed E-state index contributed by atoms with van der Waals surface area (Å²) in [5.74, 6) is -0.183. The Morgan fingerprint density at radius 2 is 1.79 bits per heavy atom. The van der Waals surface area contributed by atoms with Crippen LogP contribution < -0.4 is 5.32 Å². The number of nitrogens with one attached hydrogen (secondary N) is 1. The molecule has 4 rings (SSSR count). The fraction of sp³-hybridized carbons (Fsp3) is 0.458. The molecule has 10 heteroatoms. The summed E-state index contributed by atoms with van der Waals surface area (Å²) in [7, 11) is -3.26. The third-order valence-electron chi connectivity index (χ3n) is 5.88. The summed E-state index contributed by atoms with van der Waals surface area (Å²) in [6, 6.07) is 9.99. The third kappa shape index (κ3) is 6.85. The Labute approximate surface area is 206 Å². The minimum absolute atomic E-state index is 0.183. The molecular formula is C24H31ClN6O2S. The Balaban J connectivity index is 1.48. The largest absolute Gasteiger partial charge is 0.354 e. The summed E-state index contributed by atoms with van der Waals surface area (Å²) in [5, 5.41) is 3.60. The van der Waals surface area contributed by atoms with Crippen molar-refractivity contribution in [2.75, 3.05) is 50.8 Å². The number of nitrogens with zero attached hydrogens (tertiary/aromatic N) is 5. The van der Waals surface area contributed by atoms with Crippen molar-refractivity contribution in [2.24, 2.45) is 0 Å². The molecule has 1 fully saturated rings. The van der Waals surface area contributed by atoms with Gasteiger partial charge in [0.25, 0.3) is 0 Å². The molecule has 3 aromatic rings. The zero-order valence-electron chi connectivity index (χ0n) is 19.7. The number of rotatable bonds is 9. The lowest BCUT2D eigenvalue weighted by Gasteiger charge is -2.34. The van der Waals surface area contributed by atoms with E-state index in [0.29, 0.717) is 22.5 Å². The van der Waals surface area contributed by atoms with Crippen molar-refractivity contribution >= 4 is 44.0 Å². The minimum Gasteiger partial charge on any atom is -0.354 e. The van der Waals surface area contributed by atoms with E-state index >= 15 is 0 Å². The molecule has 0 saturated carbocycles. The number of hydrogen-bond donors (Lipinski definition) is 1. The maximum atomic E-state index is 11.8. The molecule has 2 aromatic heterocycles. The third-order valence-corrected chi connectivity index (χ3v) is 6.88. The molecule has 0 amide bonds. The quantitative estimate of drug-likeness (QED) is 0.475. The highest BCUT2D eigenvalue weighted by atomic mass is 35.5. The van der Waals surface area contributed by atoms with Gasteiger partial charge in [-0.15, -0.1) is 0 Å². The van der Waals surface area contributed by atoms with Crippen LogP contribution in [0.15, 0.2) is 36.5 Å². The van der Waals surface area contributed by atoms with Gasteiger partial charge in [-0.25, -0.2) is 23.4 Å². The molecule has 0 unspecified atom stereocenters. The van der Waals surface area contributed by atoms with Crippen LogP contribution in [0.5, 0.6) is 0 Å². The molecule has 182 valence electrons. The summed E-state index contributed by atoms with van der Waals surface area (Å²) in [4.78, 5) is 18.0. The Morgan fingerprint density at radius 3 is 2.50 bits per heavy atom. The molecular weight excluding hydrogens is 472 g/mol. The van der Waals surface area contributed by atoms with E-state index in [1.54, 1.807) is 6.07 Å². The van der Waals surface area contributed by atoms with Crippen molar-refractivity contribution in [3.63, 3.8) is 0 Å². The highest BCUT2D eigenvalue weighted by Crippen LogP contribution is 2.26. The van der Waals surface area contributed by atoms with Crippen molar-refractivity contribution in [3.05, 3.63) is 52.9 Å². The molecule has 1 aliphatic heterocycles. The molecule has 3 heterocycles. The van der Waals surface area contributed by atoms with Gasteiger partial charge in [-0.05, 0) is 43.1 Å². The topological polar surface area (TPSA) is 91.3 Å². The minimum atomic E-state index is -3.26. The Bertz CT molecular complexity index is 1250. The first kappa shape index (κ1) is 24.8. The van der Waals surface area contributed by atoms with Gasteiger partial charge in [0.2, 0.25) is 0 Å². The van der Waals surface area contributed by atoms with Crippen LogP contribution in [0.4, 0.5) is 11.4 Å². The van der Waals surface area contributed by atoms with Gasteiger partial charge < -0.3 is 15.1 Å². The van der Waals surface area contributed by atoms with Crippen LogP contribution in [-0.2, 0) is 22.0 Å². The van der Waals surface area contributed by atoms with Crippen molar-refractivity contribution in [1.29, 1.82) is 0 Å². The fourth-order valence-corrected chi connectivity index (χ4v) is 5.08. The zero-order valence-corrected chi connectivity index (χ0v) is 21.2. The molecule has 0 aliphatic carbocycles. The van der Waals surface area contributed by atoms with Crippen molar-refractivity contribution < 1.29 is 8.42 Å². The van der Waals surface area contributed by atoms with Crippen LogP contribution in [-0.4, -0.2) is 78.7 Å². The number of hydrogen-bond acceptors (Lipinski definition) is 8. The van der Waals surface area contributed by atoms with E-state index in [-0.39, 0.29) is 10.9 Å². The average Bonchev–Trinajstić information content (AvgIpc) is 2.78. The number of fused-ring (bicyclic) bond motifs is 1. The molecule has 1 N–H and O–H groups in total. The molecule has 1 aliphatic rings. The van der Waals surface area contributed by atoms with Gasteiger partial charge >= 0.3 is 0 Å². The normalized spacial score (nSPS) is 15.6. The molecule has 0 bridgehead atoms. The summed E-state index contributed by atoms with van der Waals surface area (Å²) >= 11 is 6.00. The molecule has 0 radical (unpaired) electrons. The second-order valence-corrected chi connectivity index (χ2v) is 11.4. The first-order chi connectivity index (χ1) is 16.3. The van der Waals surface area contributed by atoms with E-state index in [9.17, 15) is 8.42 Å². The monoisotopic (exact) mass is 502 g/mol. The van der Waals surface area contributed by atoms with Gasteiger partial charge in [-0.2, -0.15) is 0 Å². The number of pyridine rings is 1. The predicted octanol–water partition coefficient (Wildman–Crippen LogP) is 3.54. The second kappa shape index (κ2) is 10.9. The summed E-state index contributed by atoms with van der Waals surface area (Å²) in [5.41, 5.74) is 4.04. The molecule has 8 nitrogen and oxygen atoms in total. The summed E-state index contributed by atoms with van der Waals surface area (Å²) < 4.78 is 23.7. The van der Waals surface area contributed by atoms with Gasteiger partial charge in [0.15, 0.2) is 15.5 Å². The molecule has 1 aromatic carbocycles. The van der Waals surface area contributed by atoms with Crippen molar-refractivity contribution in [2.45, 2.75) is 25.5 Å². The molecule has 0 spiro atoms. The van der Waals surface area contributed by atoms with Gasteiger partial charge in [0, 0.05) is 44.7 Å². The smallest absolute Gasteiger partial charge is 0.182 e. The van der Waals surface area contributed by atoms with Crippen LogP contribution >= 0.6 is 11.6 Å². The number of benzene rings is 1. The number of anilines is 2. The highest BCUT2D eigenvalue weighted by molar-refractivity contribution is 7.89.